The number of nitrogens with two attached hydrogens (primary N) is 1. The van der Waals surface area contributed by atoms with Crippen LogP contribution in [-0.4, -0.2) is 24.3 Å². The van der Waals surface area contributed by atoms with E-state index in [1.807, 2.05) is 19.0 Å². The average molecular weight is 298 g/mol. The number of halogens is 1. The Morgan fingerprint density at radius 1 is 1.32 bits per heavy atom. The molecule has 19 heavy (non-hydrogen) atoms. The zero-order chi connectivity index (χ0) is 13.8. The molecule has 0 radical (unpaired) electrons. The fourth-order valence-electron chi connectivity index (χ4n) is 1.51. The summed E-state index contributed by atoms with van der Waals surface area (Å²) in [6.07, 6.45) is 0. The van der Waals surface area contributed by atoms with E-state index in [2.05, 4.69) is 10.2 Å². The minimum absolute atomic E-state index is 0.237. The van der Waals surface area contributed by atoms with Crippen LogP contribution in [0.3, 0.4) is 0 Å². The smallest absolute Gasteiger partial charge is 0.208 e. The van der Waals surface area contributed by atoms with Crippen LogP contribution in [0.1, 0.15) is 11.1 Å². The number of benzene rings is 1. The van der Waals surface area contributed by atoms with Crippen molar-refractivity contribution in [3.05, 3.63) is 35.1 Å². The molecular formula is C12H15FN4S2. The molecule has 2 N–H and O–H groups in total. The Balaban J connectivity index is 2.07. The van der Waals surface area contributed by atoms with Crippen molar-refractivity contribution in [2.45, 2.75) is 16.6 Å². The summed E-state index contributed by atoms with van der Waals surface area (Å²) >= 11 is 3.07. The van der Waals surface area contributed by atoms with Gasteiger partial charge >= 0.3 is 0 Å². The number of thioether (sulfide) groups is 1. The highest BCUT2D eigenvalue weighted by Crippen LogP contribution is 2.30. The largest absolute Gasteiger partial charge is 0.353 e. The first-order valence-corrected chi connectivity index (χ1v) is 7.51. The summed E-state index contributed by atoms with van der Waals surface area (Å²) < 4.78 is 14.1. The predicted octanol–water partition coefficient (Wildman–Crippen LogP) is 2.49. The molecule has 0 saturated carbocycles. The van der Waals surface area contributed by atoms with Crippen molar-refractivity contribution in [1.29, 1.82) is 0 Å². The van der Waals surface area contributed by atoms with E-state index in [1.54, 1.807) is 17.8 Å². The second-order valence-electron chi connectivity index (χ2n) is 4.15. The van der Waals surface area contributed by atoms with E-state index in [9.17, 15) is 4.39 Å². The van der Waals surface area contributed by atoms with Gasteiger partial charge in [0, 0.05) is 26.4 Å². The SMILES string of the molecule is CN(C)c1nnc(SCc2cc(F)ccc2CN)s1. The molecule has 0 fully saturated rings. The zero-order valence-electron chi connectivity index (χ0n) is 10.8. The minimum atomic E-state index is -0.237. The molecule has 102 valence electrons. The molecule has 0 amide bonds. The summed E-state index contributed by atoms with van der Waals surface area (Å²) in [5, 5.41) is 9.02. The van der Waals surface area contributed by atoms with E-state index in [4.69, 9.17) is 5.73 Å². The average Bonchev–Trinajstić information content (AvgIpc) is 2.85. The summed E-state index contributed by atoms with van der Waals surface area (Å²) in [6.45, 7) is 0.412. The first-order valence-electron chi connectivity index (χ1n) is 5.71. The lowest BCUT2D eigenvalue weighted by Crippen LogP contribution is -2.07. The van der Waals surface area contributed by atoms with Crippen molar-refractivity contribution in [2.24, 2.45) is 5.73 Å². The lowest BCUT2D eigenvalue weighted by molar-refractivity contribution is 0.625. The first-order chi connectivity index (χ1) is 9.10. The Kier molecular flexibility index (Phi) is 4.73. The van der Waals surface area contributed by atoms with Gasteiger partial charge in [-0.2, -0.15) is 0 Å². The fraction of sp³-hybridized carbons (Fsp3) is 0.333. The molecule has 2 aromatic rings. The van der Waals surface area contributed by atoms with E-state index < -0.39 is 0 Å². The highest BCUT2D eigenvalue weighted by atomic mass is 32.2. The number of rotatable bonds is 5. The monoisotopic (exact) mass is 298 g/mol. The highest BCUT2D eigenvalue weighted by molar-refractivity contribution is 8.00. The number of nitrogens with zero attached hydrogens (tertiary/aromatic N) is 3. The van der Waals surface area contributed by atoms with E-state index in [1.165, 1.54) is 23.5 Å². The van der Waals surface area contributed by atoms with Crippen LogP contribution in [0.15, 0.2) is 22.5 Å². The minimum Gasteiger partial charge on any atom is -0.353 e. The normalized spacial score (nSPS) is 10.7. The first kappa shape index (κ1) is 14.2. The van der Waals surface area contributed by atoms with E-state index in [0.717, 1.165) is 20.6 Å². The van der Waals surface area contributed by atoms with Crippen molar-refractivity contribution >= 4 is 28.2 Å². The lowest BCUT2D eigenvalue weighted by Gasteiger charge is -2.06. The highest BCUT2D eigenvalue weighted by Gasteiger charge is 2.08. The van der Waals surface area contributed by atoms with Crippen LogP contribution < -0.4 is 10.6 Å². The second kappa shape index (κ2) is 6.31. The zero-order valence-corrected chi connectivity index (χ0v) is 12.4. The van der Waals surface area contributed by atoms with Crippen molar-refractivity contribution in [3.63, 3.8) is 0 Å². The van der Waals surface area contributed by atoms with Crippen LogP contribution in [-0.2, 0) is 12.3 Å². The molecule has 4 nitrogen and oxygen atoms in total. The van der Waals surface area contributed by atoms with Crippen LogP contribution in [0.2, 0.25) is 0 Å². The van der Waals surface area contributed by atoms with Gasteiger partial charge in [-0.3, -0.25) is 0 Å². The van der Waals surface area contributed by atoms with Crippen LogP contribution in [0.25, 0.3) is 0 Å². The summed E-state index contributed by atoms with van der Waals surface area (Å²) in [7, 11) is 3.85. The van der Waals surface area contributed by atoms with Gasteiger partial charge in [0.1, 0.15) is 5.82 Å². The van der Waals surface area contributed by atoms with E-state index in [0.29, 0.717) is 12.3 Å². The van der Waals surface area contributed by atoms with Gasteiger partial charge in [-0.1, -0.05) is 29.2 Å². The van der Waals surface area contributed by atoms with Gasteiger partial charge in [0.05, 0.1) is 0 Å². The van der Waals surface area contributed by atoms with Crippen LogP contribution >= 0.6 is 23.1 Å². The molecule has 0 unspecified atom stereocenters. The lowest BCUT2D eigenvalue weighted by atomic mass is 10.1. The third-order valence-electron chi connectivity index (χ3n) is 2.52. The standard InChI is InChI=1S/C12H15FN4S2/c1-17(2)11-15-16-12(19-11)18-7-9-5-10(13)4-3-8(9)6-14/h3-5H,6-7,14H2,1-2H3. The van der Waals surface area contributed by atoms with E-state index >= 15 is 0 Å². The molecule has 1 heterocycles. The molecule has 0 spiro atoms. The third kappa shape index (κ3) is 3.65. The van der Waals surface area contributed by atoms with Crippen LogP contribution in [0, 0.1) is 5.82 Å². The molecule has 0 aliphatic rings. The Morgan fingerprint density at radius 3 is 2.74 bits per heavy atom. The molecule has 0 bridgehead atoms. The third-order valence-corrected chi connectivity index (χ3v) is 4.79. The van der Waals surface area contributed by atoms with Crippen molar-refractivity contribution in [1.82, 2.24) is 10.2 Å². The number of aromatic nitrogens is 2. The Hall–Kier alpha value is -1.18. The molecule has 1 aromatic carbocycles. The summed E-state index contributed by atoms with van der Waals surface area (Å²) in [5.74, 6) is 0.408. The van der Waals surface area contributed by atoms with Gasteiger partial charge in [0.15, 0.2) is 4.34 Å². The quantitative estimate of drug-likeness (QED) is 0.860. The molecule has 0 aliphatic carbocycles. The van der Waals surface area contributed by atoms with Gasteiger partial charge in [-0.05, 0) is 23.3 Å². The van der Waals surface area contributed by atoms with Crippen molar-refractivity contribution in [3.8, 4) is 0 Å². The maximum absolute atomic E-state index is 13.2. The summed E-state index contributed by atoms with van der Waals surface area (Å²) in [4.78, 5) is 1.91. The molecular weight excluding hydrogens is 283 g/mol. The topological polar surface area (TPSA) is 55.0 Å². The van der Waals surface area contributed by atoms with Gasteiger partial charge in [0.25, 0.3) is 0 Å². The number of hydrogen-bond donors (Lipinski definition) is 1. The van der Waals surface area contributed by atoms with Gasteiger partial charge in [-0.15, -0.1) is 10.2 Å². The molecule has 0 saturated heterocycles. The second-order valence-corrected chi connectivity index (χ2v) is 6.33. The van der Waals surface area contributed by atoms with Crippen LogP contribution in [0.4, 0.5) is 9.52 Å². The predicted molar refractivity (Wildman–Crippen MR) is 78.1 cm³/mol. The van der Waals surface area contributed by atoms with Crippen molar-refractivity contribution in [2.75, 3.05) is 19.0 Å². The Bertz CT molecular complexity index is 556. The Labute approximate surface area is 119 Å². The molecule has 0 atom stereocenters. The summed E-state index contributed by atoms with van der Waals surface area (Å²) in [5.41, 5.74) is 7.53. The molecule has 2 rings (SSSR count). The molecule has 1 aromatic heterocycles. The van der Waals surface area contributed by atoms with Gasteiger partial charge < -0.3 is 10.6 Å². The molecule has 0 aliphatic heterocycles. The van der Waals surface area contributed by atoms with Gasteiger partial charge in [0.2, 0.25) is 5.13 Å². The maximum atomic E-state index is 13.2. The van der Waals surface area contributed by atoms with Gasteiger partial charge in [-0.25, -0.2) is 4.39 Å². The van der Waals surface area contributed by atoms with Crippen LogP contribution in [0.5, 0.6) is 0 Å². The van der Waals surface area contributed by atoms with Crippen molar-refractivity contribution < 1.29 is 4.39 Å². The Morgan fingerprint density at radius 2 is 2.11 bits per heavy atom. The van der Waals surface area contributed by atoms with E-state index in [-0.39, 0.29) is 5.82 Å². The number of anilines is 1. The number of hydrogen-bond acceptors (Lipinski definition) is 6. The molecule has 7 heteroatoms. The summed E-state index contributed by atoms with van der Waals surface area (Å²) in [6, 6.07) is 4.70. The maximum Gasteiger partial charge on any atom is 0.208 e. The fourth-order valence-corrected chi connectivity index (χ4v) is 3.29.